The van der Waals surface area contributed by atoms with Crippen molar-refractivity contribution in [1.29, 1.82) is 0 Å². The van der Waals surface area contributed by atoms with Crippen molar-refractivity contribution in [3.05, 3.63) is 65.5 Å². The van der Waals surface area contributed by atoms with E-state index in [1.807, 2.05) is 23.1 Å². The van der Waals surface area contributed by atoms with Gasteiger partial charge in [0.15, 0.2) is 0 Å². The molecule has 2 atom stereocenters. The summed E-state index contributed by atoms with van der Waals surface area (Å²) in [5, 5.41) is 0. The number of carbonyl (C=O) groups excluding carboxylic acids is 1. The van der Waals surface area contributed by atoms with E-state index in [0.29, 0.717) is 18.0 Å². The summed E-state index contributed by atoms with van der Waals surface area (Å²) in [5.74, 6) is 0.146. The van der Waals surface area contributed by atoms with Gasteiger partial charge in [0.2, 0.25) is 5.91 Å². The normalized spacial score (nSPS) is 19.8. The molecule has 2 unspecified atom stereocenters. The maximum absolute atomic E-state index is 13.5. The first-order valence-electron chi connectivity index (χ1n) is 7.94. The van der Waals surface area contributed by atoms with E-state index in [1.54, 1.807) is 18.2 Å². The molecule has 1 saturated heterocycles. The molecular weight excluding hydrogens is 327 g/mol. The SMILES string of the molecule is CC1CCN(C(=O)Cc2ccc(N)cc2)C1c1cccc(F)c1.Cl. The zero-order chi connectivity index (χ0) is 16.4. The lowest BCUT2D eigenvalue weighted by Crippen LogP contribution is -2.33. The summed E-state index contributed by atoms with van der Waals surface area (Å²) in [5.41, 5.74) is 8.19. The number of nitrogen functional groups attached to an aromatic ring is 1. The number of carbonyl (C=O) groups is 1. The number of benzene rings is 2. The monoisotopic (exact) mass is 348 g/mol. The maximum atomic E-state index is 13.5. The van der Waals surface area contributed by atoms with Crippen molar-refractivity contribution in [2.75, 3.05) is 12.3 Å². The second-order valence-electron chi connectivity index (χ2n) is 6.27. The molecule has 3 rings (SSSR count). The van der Waals surface area contributed by atoms with Crippen molar-refractivity contribution in [3.8, 4) is 0 Å². The molecule has 2 N–H and O–H groups in total. The average molecular weight is 349 g/mol. The van der Waals surface area contributed by atoms with E-state index < -0.39 is 0 Å². The zero-order valence-corrected chi connectivity index (χ0v) is 14.4. The van der Waals surface area contributed by atoms with Crippen molar-refractivity contribution < 1.29 is 9.18 Å². The number of amides is 1. The van der Waals surface area contributed by atoms with E-state index >= 15 is 0 Å². The highest BCUT2D eigenvalue weighted by Crippen LogP contribution is 2.37. The van der Waals surface area contributed by atoms with Crippen LogP contribution in [0.15, 0.2) is 48.5 Å². The van der Waals surface area contributed by atoms with Gasteiger partial charge in [-0.25, -0.2) is 4.39 Å². The Morgan fingerprint density at radius 3 is 2.62 bits per heavy atom. The van der Waals surface area contributed by atoms with Gasteiger partial charge in [-0.05, 0) is 47.7 Å². The highest BCUT2D eigenvalue weighted by Gasteiger charge is 2.35. The third-order valence-electron chi connectivity index (χ3n) is 4.55. The minimum atomic E-state index is -0.257. The summed E-state index contributed by atoms with van der Waals surface area (Å²) in [4.78, 5) is 14.6. The summed E-state index contributed by atoms with van der Waals surface area (Å²) in [6.45, 7) is 2.84. The number of nitrogens with two attached hydrogens (primary N) is 1. The van der Waals surface area contributed by atoms with E-state index in [2.05, 4.69) is 6.92 Å². The molecular formula is C19H22ClFN2O. The molecule has 0 aromatic heterocycles. The van der Waals surface area contributed by atoms with Crippen LogP contribution in [0.25, 0.3) is 0 Å². The van der Waals surface area contributed by atoms with Crippen molar-refractivity contribution in [2.45, 2.75) is 25.8 Å². The standard InChI is InChI=1S/C19H21FN2O.ClH/c1-13-9-10-22(19(13)15-3-2-4-16(20)12-15)18(23)11-14-5-7-17(21)8-6-14;/h2-8,12-13,19H,9-11,21H2,1H3;1H. The van der Waals surface area contributed by atoms with Crippen molar-refractivity contribution >= 4 is 24.0 Å². The third kappa shape index (κ3) is 3.88. The molecule has 1 heterocycles. The second kappa shape index (κ2) is 7.67. The van der Waals surface area contributed by atoms with Crippen LogP contribution in [-0.2, 0) is 11.2 Å². The number of nitrogens with zero attached hydrogens (tertiary/aromatic N) is 1. The van der Waals surface area contributed by atoms with E-state index in [0.717, 1.165) is 24.1 Å². The van der Waals surface area contributed by atoms with Crippen molar-refractivity contribution in [3.63, 3.8) is 0 Å². The van der Waals surface area contributed by atoms with Crippen LogP contribution in [-0.4, -0.2) is 17.4 Å². The predicted molar refractivity (Wildman–Crippen MR) is 96.4 cm³/mol. The number of hydrogen-bond acceptors (Lipinski definition) is 2. The van der Waals surface area contributed by atoms with Gasteiger partial charge in [0.1, 0.15) is 5.82 Å². The highest BCUT2D eigenvalue weighted by molar-refractivity contribution is 5.85. The van der Waals surface area contributed by atoms with Gasteiger partial charge in [-0.3, -0.25) is 4.79 Å². The van der Waals surface area contributed by atoms with Crippen LogP contribution in [0.1, 0.15) is 30.5 Å². The molecule has 128 valence electrons. The summed E-state index contributed by atoms with van der Waals surface area (Å²) in [6.07, 6.45) is 1.29. The van der Waals surface area contributed by atoms with Crippen LogP contribution in [0.3, 0.4) is 0 Å². The van der Waals surface area contributed by atoms with E-state index in [1.165, 1.54) is 12.1 Å². The Morgan fingerprint density at radius 1 is 1.25 bits per heavy atom. The average Bonchev–Trinajstić information content (AvgIpc) is 2.91. The second-order valence-corrected chi connectivity index (χ2v) is 6.27. The molecule has 3 nitrogen and oxygen atoms in total. The first-order chi connectivity index (χ1) is 11.0. The fraction of sp³-hybridized carbons (Fsp3) is 0.316. The largest absolute Gasteiger partial charge is 0.399 e. The molecule has 5 heteroatoms. The fourth-order valence-corrected chi connectivity index (χ4v) is 3.34. The molecule has 24 heavy (non-hydrogen) atoms. The topological polar surface area (TPSA) is 46.3 Å². The predicted octanol–water partition coefficient (Wildman–Crippen LogP) is 3.98. The summed E-state index contributed by atoms with van der Waals surface area (Å²) in [7, 11) is 0. The first kappa shape index (κ1) is 18.3. The van der Waals surface area contributed by atoms with E-state index in [-0.39, 0.29) is 30.2 Å². The van der Waals surface area contributed by atoms with Crippen LogP contribution < -0.4 is 5.73 Å². The Labute approximate surface area is 148 Å². The molecule has 1 amide bonds. The molecule has 0 saturated carbocycles. The number of rotatable bonds is 3. The van der Waals surface area contributed by atoms with Gasteiger partial charge < -0.3 is 10.6 Å². The molecule has 2 aromatic rings. The molecule has 2 aromatic carbocycles. The highest BCUT2D eigenvalue weighted by atomic mass is 35.5. The van der Waals surface area contributed by atoms with Crippen molar-refractivity contribution in [1.82, 2.24) is 4.90 Å². The van der Waals surface area contributed by atoms with Gasteiger partial charge in [0.05, 0.1) is 12.5 Å². The summed E-state index contributed by atoms with van der Waals surface area (Å²) < 4.78 is 13.5. The van der Waals surface area contributed by atoms with Gasteiger partial charge in [-0.1, -0.05) is 31.2 Å². The first-order valence-corrected chi connectivity index (χ1v) is 7.94. The van der Waals surface area contributed by atoms with E-state index in [4.69, 9.17) is 5.73 Å². The van der Waals surface area contributed by atoms with Crippen LogP contribution in [0.2, 0.25) is 0 Å². The Hall–Kier alpha value is -2.07. The summed E-state index contributed by atoms with van der Waals surface area (Å²) >= 11 is 0. The molecule has 0 radical (unpaired) electrons. The summed E-state index contributed by atoms with van der Waals surface area (Å²) in [6, 6.07) is 13.9. The van der Waals surface area contributed by atoms with Gasteiger partial charge in [0.25, 0.3) is 0 Å². The molecule has 0 aliphatic carbocycles. The van der Waals surface area contributed by atoms with Crippen LogP contribution in [0, 0.1) is 11.7 Å². The van der Waals surface area contributed by atoms with Crippen molar-refractivity contribution in [2.24, 2.45) is 5.92 Å². The van der Waals surface area contributed by atoms with Crippen LogP contribution in [0.5, 0.6) is 0 Å². The van der Waals surface area contributed by atoms with Crippen LogP contribution in [0.4, 0.5) is 10.1 Å². The van der Waals surface area contributed by atoms with Gasteiger partial charge in [-0.15, -0.1) is 12.4 Å². The Morgan fingerprint density at radius 2 is 1.96 bits per heavy atom. The smallest absolute Gasteiger partial charge is 0.227 e. The van der Waals surface area contributed by atoms with Crippen LogP contribution >= 0.6 is 12.4 Å². The molecule has 0 bridgehead atoms. The quantitative estimate of drug-likeness (QED) is 0.853. The number of hydrogen-bond donors (Lipinski definition) is 1. The number of halogens is 2. The number of likely N-dealkylation sites (tertiary alicyclic amines) is 1. The lowest BCUT2D eigenvalue weighted by atomic mass is 9.95. The minimum absolute atomic E-state index is 0. The Bertz CT molecular complexity index is 705. The minimum Gasteiger partial charge on any atom is -0.399 e. The third-order valence-corrected chi connectivity index (χ3v) is 4.55. The van der Waals surface area contributed by atoms with Gasteiger partial charge >= 0.3 is 0 Å². The maximum Gasteiger partial charge on any atom is 0.227 e. The molecule has 0 spiro atoms. The molecule has 1 aliphatic heterocycles. The van der Waals surface area contributed by atoms with Gasteiger partial charge in [-0.2, -0.15) is 0 Å². The Balaban J connectivity index is 0.00000208. The lowest BCUT2D eigenvalue weighted by Gasteiger charge is -2.27. The van der Waals surface area contributed by atoms with E-state index in [9.17, 15) is 9.18 Å². The Kier molecular flexibility index (Phi) is 5.84. The molecule has 1 fully saturated rings. The number of anilines is 1. The van der Waals surface area contributed by atoms with Gasteiger partial charge in [0, 0.05) is 12.2 Å². The molecule has 1 aliphatic rings. The fourth-order valence-electron chi connectivity index (χ4n) is 3.34. The lowest BCUT2D eigenvalue weighted by molar-refractivity contribution is -0.131. The zero-order valence-electron chi connectivity index (χ0n) is 13.6.